The van der Waals surface area contributed by atoms with Crippen LogP contribution in [0.1, 0.15) is 53.0 Å². The van der Waals surface area contributed by atoms with E-state index in [4.69, 9.17) is 5.73 Å². The average molecular weight is 554 g/mol. The molecule has 0 bridgehead atoms. The van der Waals surface area contributed by atoms with Crippen LogP contribution in [0.15, 0.2) is 12.1 Å². The summed E-state index contributed by atoms with van der Waals surface area (Å²) >= 11 is 1.44. The Morgan fingerprint density at radius 3 is 2.16 bits per heavy atom. The number of fused-ring (bicyclic) bond motifs is 1. The third kappa shape index (κ3) is 6.41. The van der Waals surface area contributed by atoms with Crippen molar-refractivity contribution < 1.29 is 29.3 Å². The third-order valence-electron chi connectivity index (χ3n) is 6.87. The Labute approximate surface area is 224 Å². The number of phenolic OH excluding ortho intramolecular Hbond substituents is 1. The normalized spacial score (nSPS) is 24.7. The van der Waals surface area contributed by atoms with Crippen LogP contribution >= 0.6 is 11.8 Å². The van der Waals surface area contributed by atoms with Crippen LogP contribution < -0.4 is 11.1 Å². The minimum absolute atomic E-state index is 0. The van der Waals surface area contributed by atoms with Crippen molar-refractivity contribution in [3.05, 3.63) is 37.9 Å². The number of carbonyl (C=O) groups is 3. The molecule has 5 atom stereocenters. The number of amides is 2. The first kappa shape index (κ1) is 31.0. The van der Waals surface area contributed by atoms with Crippen LogP contribution in [0.4, 0.5) is 11.4 Å². The van der Waals surface area contributed by atoms with Crippen molar-refractivity contribution in [2.75, 3.05) is 5.75 Å². The van der Waals surface area contributed by atoms with Crippen LogP contribution in [-0.4, -0.2) is 66.7 Å². The molecule has 1 aromatic carbocycles. The number of benzene rings is 1. The van der Waals surface area contributed by atoms with Gasteiger partial charge in [-0.15, -0.1) is 11.8 Å². The number of hydrogen-bond donors (Lipinski definition) is 3. The maximum absolute atomic E-state index is 12.6. The van der Waals surface area contributed by atoms with Gasteiger partial charge in [-0.05, 0) is 30.7 Å². The predicted octanol–water partition coefficient (Wildman–Crippen LogP) is 2.51. The van der Waals surface area contributed by atoms with Crippen molar-refractivity contribution in [3.63, 3.8) is 0 Å². The van der Waals surface area contributed by atoms with Crippen molar-refractivity contribution in [3.8, 4) is 5.75 Å². The number of nitrogens with zero attached hydrogens (tertiary/aromatic N) is 3. The fourth-order valence-corrected chi connectivity index (χ4v) is 6.04. The SMILES string of the molecule is C.CC(=O)C1C(C)CSC2[C@@H](NC(=O)C(N)Cc3cc([N+](=O)[O-])c(O)c([N+](=O)[O-])c3)C(=O)N12.CC1CCC1. The second-order valence-corrected chi connectivity index (χ2v) is 11.0. The summed E-state index contributed by atoms with van der Waals surface area (Å²) < 4.78 is 0. The molecule has 1 aromatic rings. The smallest absolute Gasteiger partial charge is 0.318 e. The van der Waals surface area contributed by atoms with E-state index in [0.717, 1.165) is 18.1 Å². The molecule has 2 aliphatic heterocycles. The molecule has 0 spiro atoms. The van der Waals surface area contributed by atoms with E-state index in [2.05, 4.69) is 12.2 Å². The number of carbonyl (C=O) groups excluding carboxylic acids is 3. The lowest BCUT2D eigenvalue weighted by atomic mass is 9.88. The number of nitro benzene ring substituents is 2. The first-order chi connectivity index (χ1) is 17.3. The molecule has 2 amide bonds. The molecule has 1 saturated carbocycles. The first-order valence-corrected chi connectivity index (χ1v) is 13.0. The van der Waals surface area contributed by atoms with Crippen molar-refractivity contribution in [1.29, 1.82) is 0 Å². The van der Waals surface area contributed by atoms with E-state index in [1.54, 1.807) is 0 Å². The van der Waals surface area contributed by atoms with Gasteiger partial charge in [-0.3, -0.25) is 34.6 Å². The summed E-state index contributed by atoms with van der Waals surface area (Å²) in [5.74, 6) is -0.658. The number of Topliss-reactive ketones (excluding diaryl/α,β-unsaturated/α-hetero) is 1. The third-order valence-corrected chi connectivity index (χ3v) is 8.43. The Balaban J connectivity index is 0.000000756. The Morgan fingerprint density at radius 2 is 1.74 bits per heavy atom. The molecule has 0 aromatic heterocycles. The van der Waals surface area contributed by atoms with E-state index in [0.29, 0.717) is 5.75 Å². The van der Waals surface area contributed by atoms with Gasteiger partial charge in [0.15, 0.2) is 5.78 Å². The van der Waals surface area contributed by atoms with Gasteiger partial charge < -0.3 is 21.1 Å². The van der Waals surface area contributed by atoms with Crippen molar-refractivity contribution in [1.82, 2.24) is 10.2 Å². The standard InChI is InChI=1S/C18H21N5O8S.C5H10.CH4/c1-7-6-32-18-13(17(27)21(18)14(7)8(2)24)20-16(26)10(19)3-9-4-11(22(28)29)15(25)12(5-9)23(30)31;1-5-3-2-4-5;/h4-5,7,10,13-14,18,25H,3,6,19H2,1-2H3,(H,20,26);5H,2-4H2,1H3;1H4/t7?,10?,13-,14?,18?;;/m0../s1. The molecule has 4 unspecified atom stereocenters. The lowest BCUT2D eigenvalue weighted by Gasteiger charge is -2.54. The highest BCUT2D eigenvalue weighted by Crippen LogP contribution is 2.41. The summed E-state index contributed by atoms with van der Waals surface area (Å²) in [6.45, 7) is 5.60. The van der Waals surface area contributed by atoms with Gasteiger partial charge in [0, 0.05) is 17.9 Å². The van der Waals surface area contributed by atoms with Crippen LogP contribution in [0.25, 0.3) is 0 Å². The number of nitrogens with one attached hydrogen (secondary N) is 1. The molecule has 14 heteroatoms. The summed E-state index contributed by atoms with van der Waals surface area (Å²) in [5, 5.41) is 34.0. The second kappa shape index (κ2) is 12.5. The number of ketones is 1. The number of rotatable bonds is 7. The van der Waals surface area contributed by atoms with Gasteiger partial charge in [-0.2, -0.15) is 0 Å². The van der Waals surface area contributed by atoms with Crippen molar-refractivity contribution >= 4 is 40.7 Å². The van der Waals surface area contributed by atoms with Gasteiger partial charge in [-0.1, -0.05) is 40.5 Å². The number of β-lactam (4-membered cyclic amide) rings is 1. The summed E-state index contributed by atoms with van der Waals surface area (Å²) in [7, 11) is 0. The molecule has 13 nitrogen and oxygen atoms in total. The molecule has 2 saturated heterocycles. The summed E-state index contributed by atoms with van der Waals surface area (Å²) in [4.78, 5) is 58.7. The highest BCUT2D eigenvalue weighted by Gasteiger charge is 2.56. The number of thioether (sulfide) groups is 1. The molecule has 4 N–H and O–H groups in total. The minimum atomic E-state index is -1.27. The molecule has 1 aliphatic carbocycles. The molecule has 3 fully saturated rings. The maximum Gasteiger partial charge on any atom is 0.318 e. The number of nitro groups is 2. The molecule has 4 rings (SSSR count). The molecule has 3 aliphatic rings. The van der Waals surface area contributed by atoms with E-state index in [9.17, 15) is 39.7 Å². The van der Waals surface area contributed by atoms with Crippen LogP contribution in [0.5, 0.6) is 5.75 Å². The van der Waals surface area contributed by atoms with E-state index in [1.165, 1.54) is 42.8 Å². The van der Waals surface area contributed by atoms with Gasteiger partial charge in [0.05, 0.1) is 21.9 Å². The number of hydrogen-bond acceptors (Lipinski definition) is 10. The number of nitrogens with two attached hydrogens (primary N) is 1. The molecule has 2 heterocycles. The van der Waals surface area contributed by atoms with Crippen LogP contribution in [0.3, 0.4) is 0 Å². The van der Waals surface area contributed by atoms with Crippen LogP contribution in [0, 0.1) is 32.1 Å². The van der Waals surface area contributed by atoms with Gasteiger partial charge in [-0.25, -0.2) is 0 Å². The van der Waals surface area contributed by atoms with Crippen molar-refractivity contribution in [2.24, 2.45) is 17.6 Å². The fraction of sp³-hybridized carbons (Fsp3) is 0.625. The van der Waals surface area contributed by atoms with E-state index in [1.807, 2.05) is 6.92 Å². The molecular weight excluding hydrogens is 518 g/mol. The van der Waals surface area contributed by atoms with E-state index < -0.39 is 62.3 Å². The highest BCUT2D eigenvalue weighted by molar-refractivity contribution is 8.00. The highest BCUT2D eigenvalue weighted by atomic mass is 32.2. The summed E-state index contributed by atoms with van der Waals surface area (Å²) in [6, 6.07) is -0.870. The minimum Gasteiger partial charge on any atom is -0.497 e. The van der Waals surface area contributed by atoms with E-state index in [-0.39, 0.29) is 31.1 Å². The largest absolute Gasteiger partial charge is 0.497 e. The second-order valence-electron chi connectivity index (χ2n) is 9.83. The van der Waals surface area contributed by atoms with Crippen LogP contribution in [0.2, 0.25) is 0 Å². The number of phenols is 1. The summed E-state index contributed by atoms with van der Waals surface area (Å²) in [5.41, 5.74) is 4.12. The van der Waals surface area contributed by atoms with Gasteiger partial charge >= 0.3 is 11.4 Å². The monoisotopic (exact) mass is 553 g/mol. The lowest BCUT2D eigenvalue weighted by Crippen LogP contribution is -2.76. The molecule has 210 valence electrons. The zero-order valence-corrected chi connectivity index (χ0v) is 21.6. The van der Waals surface area contributed by atoms with Crippen molar-refractivity contribution in [2.45, 2.75) is 77.4 Å². The Kier molecular flexibility index (Phi) is 10.2. The Morgan fingerprint density at radius 1 is 1.21 bits per heavy atom. The zero-order valence-electron chi connectivity index (χ0n) is 20.8. The molecule has 0 radical (unpaired) electrons. The maximum atomic E-state index is 12.6. The van der Waals surface area contributed by atoms with Gasteiger partial charge in [0.25, 0.3) is 5.75 Å². The van der Waals surface area contributed by atoms with E-state index >= 15 is 0 Å². The summed E-state index contributed by atoms with van der Waals surface area (Å²) in [6.07, 6.45) is 4.16. The fourth-order valence-electron chi connectivity index (χ4n) is 4.58. The Bertz CT molecular complexity index is 1080. The molecular formula is C24H35N5O8S. The zero-order chi connectivity index (χ0) is 27.6. The quantitative estimate of drug-likeness (QED) is 0.256. The number of aromatic hydroxyl groups is 1. The average Bonchev–Trinajstić information content (AvgIpc) is 2.81. The van der Waals surface area contributed by atoms with Gasteiger partial charge in [0.1, 0.15) is 11.4 Å². The first-order valence-electron chi connectivity index (χ1n) is 12.0. The topological polar surface area (TPSA) is 199 Å². The molecule has 38 heavy (non-hydrogen) atoms. The Hall–Kier alpha value is -3.26. The van der Waals surface area contributed by atoms with Gasteiger partial charge in [0.2, 0.25) is 11.8 Å². The van der Waals surface area contributed by atoms with Crippen LogP contribution in [-0.2, 0) is 20.8 Å². The lowest BCUT2D eigenvalue weighted by molar-refractivity contribution is -0.396. The predicted molar refractivity (Wildman–Crippen MR) is 141 cm³/mol.